The van der Waals surface area contributed by atoms with Crippen molar-refractivity contribution in [1.29, 1.82) is 0 Å². The Morgan fingerprint density at radius 1 is 0.944 bits per heavy atom. The number of nitrogens with two attached hydrogens (primary N) is 1. The van der Waals surface area contributed by atoms with E-state index in [2.05, 4.69) is 62.9 Å². The molecule has 1 aliphatic rings. The van der Waals surface area contributed by atoms with E-state index in [0.29, 0.717) is 30.0 Å². The van der Waals surface area contributed by atoms with Gasteiger partial charge in [0.05, 0.1) is 0 Å². The molecule has 0 amide bonds. The predicted molar refractivity (Wildman–Crippen MR) is 77.2 cm³/mol. The summed E-state index contributed by atoms with van der Waals surface area (Å²) in [5.41, 5.74) is 7.73. The first kappa shape index (κ1) is 13.6. The lowest BCUT2D eigenvalue weighted by atomic mass is 9.77. The molecule has 1 aromatic rings. The highest BCUT2D eigenvalue weighted by Gasteiger charge is 2.39. The van der Waals surface area contributed by atoms with Gasteiger partial charge in [-0.15, -0.1) is 0 Å². The first-order chi connectivity index (χ1) is 8.52. The van der Waals surface area contributed by atoms with Crippen LogP contribution in [-0.2, 0) is 6.54 Å². The van der Waals surface area contributed by atoms with Crippen LogP contribution < -0.4 is 5.73 Å². The van der Waals surface area contributed by atoms with Crippen LogP contribution in [0.15, 0.2) is 30.3 Å². The molecular formula is C16H26N2. The van der Waals surface area contributed by atoms with Crippen molar-refractivity contribution in [2.24, 2.45) is 17.6 Å². The van der Waals surface area contributed by atoms with Gasteiger partial charge in [0.25, 0.3) is 0 Å². The fraction of sp³-hybridized carbons (Fsp3) is 0.625. The molecule has 2 N–H and O–H groups in total. The van der Waals surface area contributed by atoms with E-state index in [1.807, 2.05) is 0 Å². The van der Waals surface area contributed by atoms with Crippen LogP contribution in [0.1, 0.15) is 33.3 Å². The molecule has 1 aliphatic heterocycles. The molecular weight excluding hydrogens is 220 g/mol. The summed E-state index contributed by atoms with van der Waals surface area (Å²) in [6, 6.07) is 12.2. The normalized spacial score (nSPS) is 37.7. The Balaban J connectivity index is 2.16. The monoisotopic (exact) mass is 246 g/mol. The van der Waals surface area contributed by atoms with Crippen LogP contribution in [0.5, 0.6) is 0 Å². The second-order valence-corrected chi connectivity index (χ2v) is 5.93. The maximum Gasteiger partial charge on any atom is 0.0239 e. The minimum atomic E-state index is 0.321. The van der Waals surface area contributed by atoms with Crippen molar-refractivity contribution in [3.8, 4) is 0 Å². The molecule has 1 heterocycles. The lowest BCUT2D eigenvalue weighted by Crippen LogP contribution is -2.59. The zero-order chi connectivity index (χ0) is 13.3. The van der Waals surface area contributed by atoms with E-state index < -0.39 is 0 Å². The molecule has 4 unspecified atom stereocenters. The van der Waals surface area contributed by atoms with Gasteiger partial charge < -0.3 is 5.73 Å². The van der Waals surface area contributed by atoms with E-state index in [0.717, 1.165) is 6.54 Å². The lowest BCUT2D eigenvalue weighted by Gasteiger charge is -2.49. The molecule has 2 rings (SSSR count). The van der Waals surface area contributed by atoms with E-state index in [1.54, 1.807) is 0 Å². The topological polar surface area (TPSA) is 29.3 Å². The van der Waals surface area contributed by atoms with Gasteiger partial charge in [-0.05, 0) is 31.2 Å². The second-order valence-electron chi connectivity index (χ2n) is 5.93. The van der Waals surface area contributed by atoms with Crippen molar-refractivity contribution >= 4 is 0 Å². The van der Waals surface area contributed by atoms with Gasteiger partial charge in [0.1, 0.15) is 0 Å². The standard InChI is InChI=1S/C16H26N2/c1-11-13(3)18(14(4)12(2)16(11)17)10-15-8-6-5-7-9-15/h5-9,11-14,16H,10,17H2,1-4H3. The summed E-state index contributed by atoms with van der Waals surface area (Å²) in [6.45, 7) is 10.2. The summed E-state index contributed by atoms with van der Waals surface area (Å²) in [7, 11) is 0. The first-order valence-electron chi connectivity index (χ1n) is 7.07. The Hall–Kier alpha value is -0.860. The van der Waals surface area contributed by atoms with Gasteiger partial charge in [-0.1, -0.05) is 44.2 Å². The third-order valence-corrected chi connectivity index (χ3v) is 4.99. The molecule has 0 spiro atoms. The van der Waals surface area contributed by atoms with E-state index in [4.69, 9.17) is 5.73 Å². The minimum absolute atomic E-state index is 0.321. The molecule has 0 aromatic heterocycles. The third kappa shape index (κ3) is 2.45. The lowest BCUT2D eigenvalue weighted by molar-refractivity contribution is 0.00588. The largest absolute Gasteiger partial charge is 0.327 e. The Morgan fingerprint density at radius 3 is 1.94 bits per heavy atom. The highest BCUT2D eigenvalue weighted by Crippen LogP contribution is 2.32. The van der Waals surface area contributed by atoms with Crippen LogP contribution >= 0.6 is 0 Å². The fourth-order valence-electron chi connectivity index (χ4n) is 3.18. The maximum atomic E-state index is 6.33. The molecule has 2 nitrogen and oxygen atoms in total. The van der Waals surface area contributed by atoms with Gasteiger partial charge in [0.15, 0.2) is 0 Å². The average molecular weight is 246 g/mol. The van der Waals surface area contributed by atoms with Gasteiger partial charge in [-0.3, -0.25) is 4.90 Å². The van der Waals surface area contributed by atoms with Crippen molar-refractivity contribution in [2.45, 2.75) is 52.4 Å². The highest BCUT2D eigenvalue weighted by molar-refractivity contribution is 5.15. The fourth-order valence-corrected chi connectivity index (χ4v) is 3.18. The molecule has 100 valence electrons. The van der Waals surface area contributed by atoms with Crippen molar-refractivity contribution in [3.05, 3.63) is 35.9 Å². The molecule has 0 radical (unpaired) electrons. The number of piperidine rings is 1. The summed E-state index contributed by atoms with van der Waals surface area (Å²) < 4.78 is 0. The number of rotatable bonds is 2. The number of benzene rings is 1. The maximum absolute atomic E-state index is 6.33. The van der Waals surface area contributed by atoms with Gasteiger partial charge in [0, 0.05) is 24.7 Å². The summed E-state index contributed by atoms with van der Waals surface area (Å²) in [4.78, 5) is 2.61. The molecule has 0 aliphatic carbocycles. The van der Waals surface area contributed by atoms with Gasteiger partial charge in [-0.2, -0.15) is 0 Å². The zero-order valence-corrected chi connectivity index (χ0v) is 12.0. The zero-order valence-electron chi connectivity index (χ0n) is 12.0. The van der Waals surface area contributed by atoms with Crippen LogP contribution in [0.2, 0.25) is 0 Å². The smallest absolute Gasteiger partial charge is 0.0239 e. The number of likely N-dealkylation sites (tertiary alicyclic amines) is 1. The van der Waals surface area contributed by atoms with Crippen LogP contribution in [-0.4, -0.2) is 23.0 Å². The Morgan fingerprint density at radius 2 is 1.44 bits per heavy atom. The van der Waals surface area contributed by atoms with Crippen molar-refractivity contribution in [1.82, 2.24) is 4.90 Å². The third-order valence-electron chi connectivity index (χ3n) is 4.99. The Kier molecular flexibility index (Phi) is 4.08. The highest BCUT2D eigenvalue weighted by atomic mass is 15.2. The molecule has 1 saturated heterocycles. The van der Waals surface area contributed by atoms with E-state index in [-0.39, 0.29) is 0 Å². The number of nitrogens with zero attached hydrogens (tertiary/aromatic N) is 1. The van der Waals surface area contributed by atoms with Crippen molar-refractivity contribution in [3.63, 3.8) is 0 Å². The molecule has 1 aromatic carbocycles. The molecule has 0 bridgehead atoms. The minimum Gasteiger partial charge on any atom is -0.327 e. The predicted octanol–water partition coefficient (Wildman–Crippen LogP) is 2.88. The summed E-state index contributed by atoms with van der Waals surface area (Å²) >= 11 is 0. The molecule has 0 saturated carbocycles. The average Bonchev–Trinajstić information content (AvgIpc) is 2.40. The first-order valence-corrected chi connectivity index (χ1v) is 7.07. The van der Waals surface area contributed by atoms with E-state index in [1.165, 1.54) is 5.56 Å². The Bertz CT molecular complexity index is 360. The second kappa shape index (κ2) is 5.41. The number of hydrogen-bond donors (Lipinski definition) is 1. The van der Waals surface area contributed by atoms with Gasteiger partial charge in [-0.25, -0.2) is 0 Å². The molecule has 2 heteroatoms. The molecule has 18 heavy (non-hydrogen) atoms. The summed E-state index contributed by atoms with van der Waals surface area (Å²) in [5, 5.41) is 0. The summed E-state index contributed by atoms with van der Waals surface area (Å²) in [6.07, 6.45) is 0. The summed E-state index contributed by atoms with van der Waals surface area (Å²) in [5.74, 6) is 1.11. The van der Waals surface area contributed by atoms with Crippen LogP contribution in [0.4, 0.5) is 0 Å². The number of hydrogen-bond acceptors (Lipinski definition) is 2. The van der Waals surface area contributed by atoms with Gasteiger partial charge >= 0.3 is 0 Å². The van der Waals surface area contributed by atoms with Crippen LogP contribution in [0.3, 0.4) is 0 Å². The van der Waals surface area contributed by atoms with Gasteiger partial charge in [0.2, 0.25) is 0 Å². The van der Waals surface area contributed by atoms with Crippen LogP contribution in [0, 0.1) is 11.8 Å². The van der Waals surface area contributed by atoms with E-state index in [9.17, 15) is 0 Å². The molecule has 4 atom stereocenters. The SMILES string of the molecule is CC1C(N)C(C)C(C)N(Cc2ccccc2)C1C. The van der Waals surface area contributed by atoms with Crippen LogP contribution in [0.25, 0.3) is 0 Å². The van der Waals surface area contributed by atoms with Crippen molar-refractivity contribution in [2.75, 3.05) is 0 Å². The van der Waals surface area contributed by atoms with E-state index >= 15 is 0 Å². The molecule has 1 fully saturated rings. The van der Waals surface area contributed by atoms with Crippen molar-refractivity contribution < 1.29 is 0 Å². The quantitative estimate of drug-likeness (QED) is 0.869. The Labute approximate surface area is 111 Å².